The van der Waals surface area contributed by atoms with Gasteiger partial charge in [-0.1, -0.05) is 42.5 Å². The predicted molar refractivity (Wildman–Crippen MR) is 107 cm³/mol. The van der Waals surface area contributed by atoms with E-state index in [9.17, 15) is 22.8 Å². The standard InChI is InChI=1S/C21H21NO6S/c23-19(13-28-20(24)12-15-10-11-29(26,27)14-15)22-18-9-5-4-8-17(18)21(25)16-6-2-1-3-7-16/h1-9,15H,10-14H2,(H,22,23)/t15-/m1/s1. The van der Waals surface area contributed by atoms with Crippen molar-refractivity contribution in [2.45, 2.75) is 12.8 Å². The van der Waals surface area contributed by atoms with Gasteiger partial charge in [-0.3, -0.25) is 14.4 Å². The van der Waals surface area contributed by atoms with E-state index in [4.69, 9.17) is 4.74 Å². The van der Waals surface area contributed by atoms with Gasteiger partial charge < -0.3 is 10.1 Å². The van der Waals surface area contributed by atoms with Crippen LogP contribution in [0.15, 0.2) is 54.6 Å². The number of anilines is 1. The zero-order chi connectivity index (χ0) is 20.9. The van der Waals surface area contributed by atoms with Crippen molar-refractivity contribution in [3.63, 3.8) is 0 Å². The Balaban J connectivity index is 1.56. The van der Waals surface area contributed by atoms with Crippen molar-refractivity contribution >= 4 is 33.2 Å². The number of ether oxygens (including phenoxy) is 1. The SMILES string of the molecule is O=C(COC(=O)C[C@H]1CCS(=O)(=O)C1)Nc1ccccc1C(=O)c1ccccc1. The van der Waals surface area contributed by atoms with Crippen molar-refractivity contribution in [1.82, 2.24) is 0 Å². The average molecular weight is 415 g/mol. The van der Waals surface area contributed by atoms with E-state index >= 15 is 0 Å². The van der Waals surface area contributed by atoms with Gasteiger partial charge in [-0.25, -0.2) is 8.42 Å². The topological polar surface area (TPSA) is 107 Å². The molecule has 29 heavy (non-hydrogen) atoms. The summed E-state index contributed by atoms with van der Waals surface area (Å²) < 4.78 is 27.8. The minimum Gasteiger partial charge on any atom is -0.456 e. The van der Waals surface area contributed by atoms with Crippen LogP contribution in [0.1, 0.15) is 28.8 Å². The first-order chi connectivity index (χ1) is 13.8. The molecule has 0 spiro atoms. The first-order valence-corrected chi connectivity index (χ1v) is 11.0. The first kappa shape index (κ1) is 20.7. The number of para-hydroxylation sites is 1. The number of sulfone groups is 1. The normalized spacial score (nSPS) is 17.4. The Kier molecular flexibility index (Phi) is 6.43. The van der Waals surface area contributed by atoms with Gasteiger partial charge in [0.25, 0.3) is 5.91 Å². The number of amides is 1. The lowest BCUT2D eigenvalue weighted by molar-refractivity contribution is -0.148. The molecule has 1 saturated heterocycles. The van der Waals surface area contributed by atoms with Crippen LogP contribution in [0.4, 0.5) is 5.69 Å². The number of esters is 1. The molecule has 0 radical (unpaired) electrons. The van der Waals surface area contributed by atoms with E-state index in [2.05, 4.69) is 5.32 Å². The Morgan fingerprint density at radius 3 is 2.38 bits per heavy atom. The highest BCUT2D eigenvalue weighted by Gasteiger charge is 2.30. The van der Waals surface area contributed by atoms with Crippen LogP contribution in [0.25, 0.3) is 0 Å². The van der Waals surface area contributed by atoms with Crippen molar-refractivity contribution in [2.24, 2.45) is 5.92 Å². The number of hydrogen-bond donors (Lipinski definition) is 1. The zero-order valence-corrected chi connectivity index (χ0v) is 16.5. The summed E-state index contributed by atoms with van der Waals surface area (Å²) in [5, 5.41) is 2.59. The molecule has 1 atom stereocenters. The van der Waals surface area contributed by atoms with Crippen LogP contribution < -0.4 is 5.32 Å². The molecule has 1 aliphatic rings. The largest absolute Gasteiger partial charge is 0.456 e. The molecule has 2 aromatic carbocycles. The van der Waals surface area contributed by atoms with Crippen LogP contribution >= 0.6 is 0 Å². The Hall–Kier alpha value is -3.00. The fourth-order valence-electron chi connectivity index (χ4n) is 3.20. The Labute approximate surface area is 169 Å². The summed E-state index contributed by atoms with van der Waals surface area (Å²) in [6.45, 7) is -0.508. The molecule has 1 aliphatic heterocycles. The van der Waals surface area contributed by atoms with Gasteiger partial charge in [-0.05, 0) is 24.5 Å². The molecule has 0 saturated carbocycles. The lowest BCUT2D eigenvalue weighted by atomic mass is 10.0. The van der Waals surface area contributed by atoms with Crippen molar-refractivity contribution in [2.75, 3.05) is 23.4 Å². The van der Waals surface area contributed by atoms with Crippen LogP contribution in [0.2, 0.25) is 0 Å². The number of hydrogen-bond acceptors (Lipinski definition) is 6. The third-order valence-corrected chi connectivity index (χ3v) is 6.47. The summed E-state index contributed by atoms with van der Waals surface area (Å²) >= 11 is 0. The van der Waals surface area contributed by atoms with Crippen LogP contribution in [-0.2, 0) is 24.2 Å². The second-order valence-corrected chi connectivity index (χ2v) is 9.15. The van der Waals surface area contributed by atoms with Gasteiger partial charge in [0, 0.05) is 17.5 Å². The fourth-order valence-corrected chi connectivity index (χ4v) is 5.06. The average Bonchev–Trinajstić information content (AvgIpc) is 3.05. The van der Waals surface area contributed by atoms with E-state index in [0.29, 0.717) is 23.2 Å². The van der Waals surface area contributed by atoms with Crippen LogP contribution in [0.3, 0.4) is 0 Å². The highest BCUT2D eigenvalue weighted by atomic mass is 32.2. The Bertz CT molecular complexity index is 1020. The molecule has 1 N–H and O–H groups in total. The van der Waals surface area contributed by atoms with Gasteiger partial charge in [0.05, 0.1) is 17.2 Å². The van der Waals surface area contributed by atoms with Gasteiger partial charge in [-0.2, -0.15) is 0 Å². The number of nitrogens with one attached hydrogen (secondary N) is 1. The molecule has 0 unspecified atom stereocenters. The molecule has 2 aromatic rings. The smallest absolute Gasteiger partial charge is 0.306 e. The molecule has 0 bridgehead atoms. The summed E-state index contributed by atoms with van der Waals surface area (Å²) in [4.78, 5) is 36.7. The van der Waals surface area contributed by atoms with E-state index in [-0.39, 0.29) is 29.6 Å². The highest BCUT2D eigenvalue weighted by Crippen LogP contribution is 2.22. The van der Waals surface area contributed by atoms with Gasteiger partial charge in [0.15, 0.2) is 22.2 Å². The molecule has 152 valence electrons. The summed E-state index contributed by atoms with van der Waals surface area (Å²) in [7, 11) is -3.07. The number of ketones is 1. The molecule has 0 aliphatic carbocycles. The molecular formula is C21H21NO6S. The minimum atomic E-state index is -3.07. The number of carbonyl (C=O) groups excluding carboxylic acids is 3. The molecule has 7 nitrogen and oxygen atoms in total. The highest BCUT2D eigenvalue weighted by molar-refractivity contribution is 7.91. The maximum Gasteiger partial charge on any atom is 0.306 e. The molecule has 1 amide bonds. The van der Waals surface area contributed by atoms with E-state index in [1.165, 1.54) is 0 Å². The number of carbonyl (C=O) groups is 3. The van der Waals surface area contributed by atoms with Crippen molar-refractivity contribution in [3.8, 4) is 0 Å². The molecule has 0 aromatic heterocycles. The van der Waals surface area contributed by atoms with Crippen molar-refractivity contribution in [1.29, 1.82) is 0 Å². The van der Waals surface area contributed by atoms with Crippen LogP contribution in [-0.4, -0.2) is 44.2 Å². The first-order valence-electron chi connectivity index (χ1n) is 9.19. The van der Waals surface area contributed by atoms with Gasteiger partial charge in [0.2, 0.25) is 0 Å². The quantitative estimate of drug-likeness (QED) is 0.549. The third kappa shape index (κ3) is 5.74. The van der Waals surface area contributed by atoms with E-state index in [1.54, 1.807) is 54.6 Å². The summed E-state index contributed by atoms with van der Waals surface area (Å²) in [6.07, 6.45) is 0.397. The lowest BCUT2D eigenvalue weighted by Gasteiger charge is -2.11. The Morgan fingerprint density at radius 1 is 1.00 bits per heavy atom. The molecule has 1 fully saturated rings. The molecule has 1 heterocycles. The van der Waals surface area contributed by atoms with Gasteiger partial charge >= 0.3 is 5.97 Å². The monoisotopic (exact) mass is 415 g/mol. The predicted octanol–water partition coefficient (Wildman–Crippen LogP) is 2.22. The van der Waals surface area contributed by atoms with Crippen molar-refractivity contribution in [3.05, 3.63) is 65.7 Å². The molecule has 3 rings (SSSR count). The summed E-state index contributed by atoms with van der Waals surface area (Å²) in [5.74, 6) is -1.64. The summed E-state index contributed by atoms with van der Waals surface area (Å²) in [6, 6.07) is 15.3. The second-order valence-electron chi connectivity index (χ2n) is 6.92. The zero-order valence-electron chi connectivity index (χ0n) is 15.7. The second kappa shape index (κ2) is 9.00. The molecule has 8 heteroatoms. The lowest BCUT2D eigenvalue weighted by Crippen LogP contribution is -2.23. The maximum absolute atomic E-state index is 12.7. The van der Waals surface area contributed by atoms with Crippen LogP contribution in [0.5, 0.6) is 0 Å². The minimum absolute atomic E-state index is 0.0245. The van der Waals surface area contributed by atoms with Gasteiger partial charge in [-0.15, -0.1) is 0 Å². The summed E-state index contributed by atoms with van der Waals surface area (Å²) in [5.41, 5.74) is 1.14. The number of rotatable bonds is 7. The molecular weight excluding hydrogens is 394 g/mol. The van der Waals surface area contributed by atoms with Crippen LogP contribution in [0, 0.1) is 5.92 Å². The maximum atomic E-state index is 12.7. The number of benzene rings is 2. The van der Waals surface area contributed by atoms with Gasteiger partial charge in [0.1, 0.15) is 0 Å². The van der Waals surface area contributed by atoms with E-state index in [1.807, 2.05) is 0 Å². The third-order valence-electron chi connectivity index (χ3n) is 4.63. The fraction of sp³-hybridized carbons (Fsp3) is 0.286. The van der Waals surface area contributed by atoms with Crippen molar-refractivity contribution < 1.29 is 27.5 Å². The van der Waals surface area contributed by atoms with E-state index in [0.717, 1.165) is 0 Å². The van der Waals surface area contributed by atoms with E-state index < -0.39 is 28.3 Å². The Morgan fingerprint density at radius 2 is 1.69 bits per heavy atom.